The van der Waals surface area contributed by atoms with E-state index in [1.807, 2.05) is 6.07 Å². The highest BCUT2D eigenvalue weighted by Crippen LogP contribution is 2.55. The predicted molar refractivity (Wildman–Crippen MR) is 219 cm³/mol. The Morgan fingerprint density at radius 3 is 2.40 bits per heavy atom. The van der Waals surface area contributed by atoms with Gasteiger partial charge in [-0.3, -0.25) is 24.5 Å². The van der Waals surface area contributed by atoms with Crippen molar-refractivity contribution < 1.29 is 37.8 Å². The zero-order valence-corrected chi connectivity index (χ0v) is 34.1. The molecule has 3 fully saturated rings. The number of pyridine rings is 1. The van der Waals surface area contributed by atoms with Gasteiger partial charge in [0.15, 0.2) is 5.69 Å². The first kappa shape index (κ1) is 42.3. The van der Waals surface area contributed by atoms with E-state index in [1.54, 1.807) is 62.2 Å². The molecule has 4 amide bonds. The highest BCUT2D eigenvalue weighted by molar-refractivity contribution is 6.01. The number of ether oxygens (including phenoxy) is 3. The number of amides is 4. The lowest BCUT2D eigenvalue weighted by Crippen LogP contribution is -2.52. The number of rotatable bonds is 14. The summed E-state index contributed by atoms with van der Waals surface area (Å²) in [4.78, 5) is 71.9. The molecule has 0 bridgehead atoms. The van der Waals surface area contributed by atoms with E-state index in [0.717, 1.165) is 31.6 Å². The number of H-pyrrole nitrogens is 1. The second-order valence-corrected chi connectivity index (χ2v) is 16.6. The highest BCUT2D eigenvalue weighted by Gasteiger charge is 2.50. The van der Waals surface area contributed by atoms with Gasteiger partial charge in [-0.1, -0.05) is 24.3 Å². The van der Waals surface area contributed by atoms with Crippen molar-refractivity contribution in [3.05, 3.63) is 99.0 Å². The molecule has 4 N–H and O–H groups in total. The Morgan fingerprint density at radius 2 is 1.68 bits per heavy atom. The zero-order valence-electron chi connectivity index (χ0n) is 34.1. The molecule has 1 aliphatic carbocycles. The molecule has 2 aliphatic heterocycles. The van der Waals surface area contributed by atoms with Crippen molar-refractivity contribution in [2.75, 3.05) is 77.6 Å². The molecule has 16 nitrogen and oxygen atoms in total. The van der Waals surface area contributed by atoms with Crippen molar-refractivity contribution >= 4 is 40.3 Å². The molecular weight excluding hydrogens is 776 g/mol. The van der Waals surface area contributed by atoms with Crippen LogP contribution in [-0.4, -0.2) is 127 Å². The summed E-state index contributed by atoms with van der Waals surface area (Å²) in [6.45, 7) is 9.09. The number of benzene rings is 2. The Balaban J connectivity index is 0.807. The van der Waals surface area contributed by atoms with Crippen molar-refractivity contribution in [1.82, 2.24) is 35.6 Å². The fourth-order valence-electron chi connectivity index (χ4n) is 7.79. The molecule has 2 saturated heterocycles. The van der Waals surface area contributed by atoms with Crippen LogP contribution in [0.1, 0.15) is 77.2 Å². The van der Waals surface area contributed by atoms with Gasteiger partial charge in [0.25, 0.3) is 17.4 Å². The molecule has 0 atom stereocenters. The molecule has 17 heteroatoms. The summed E-state index contributed by atoms with van der Waals surface area (Å²) in [7, 11) is 0. The molecule has 7 rings (SSSR count). The van der Waals surface area contributed by atoms with E-state index in [2.05, 4.69) is 31.1 Å². The van der Waals surface area contributed by atoms with E-state index in [-0.39, 0.29) is 85.6 Å². The van der Waals surface area contributed by atoms with Gasteiger partial charge < -0.3 is 34.6 Å². The standard InChI is InChI=1S/C43H51FN8O8/c1-42(2,3)60-41(57)48-35-20-28(29-21-43(22-29)25-59-26-43)23-47-37(35)39(55)46-11-17-58-16-10-45-24-36(53)51-12-14-52(15-13-51)40(56)32-18-27(8-9-33(32)44)19-34-30-6-4-5-7-31(30)38(54)50-49-34/h4-9,18,20,23,29,45H,10-17,19,21-22,24-26H2,1-3H3,(H,46,55)(H,48,57)(H,50,54). The Morgan fingerprint density at radius 1 is 0.967 bits per heavy atom. The molecule has 60 heavy (non-hydrogen) atoms. The molecule has 318 valence electrons. The SMILES string of the molecule is CC(C)(C)OC(=O)Nc1cc(C2CC3(COC3)C2)cnc1C(=O)NCCOCCNCC(=O)N1CCN(C(=O)c2cc(Cc3n[nH]c(=O)c4ccccc34)ccc2F)CC1. The first-order valence-corrected chi connectivity index (χ1v) is 20.2. The number of nitrogens with one attached hydrogen (secondary N) is 4. The number of carbonyl (C=O) groups excluding carboxylic acids is 4. The molecule has 1 spiro atoms. The maximum absolute atomic E-state index is 14.9. The van der Waals surface area contributed by atoms with Gasteiger partial charge in [-0.2, -0.15) is 5.10 Å². The van der Waals surface area contributed by atoms with Crippen LogP contribution in [0.4, 0.5) is 14.9 Å². The van der Waals surface area contributed by atoms with Gasteiger partial charge in [-0.15, -0.1) is 0 Å². The van der Waals surface area contributed by atoms with E-state index in [0.29, 0.717) is 41.7 Å². The lowest BCUT2D eigenvalue weighted by atomic mass is 9.59. The minimum Gasteiger partial charge on any atom is -0.444 e. The molecule has 2 aromatic heterocycles. The predicted octanol–water partition coefficient (Wildman–Crippen LogP) is 3.61. The summed E-state index contributed by atoms with van der Waals surface area (Å²) in [6, 6.07) is 13.3. The van der Waals surface area contributed by atoms with E-state index in [9.17, 15) is 28.4 Å². The third-order valence-corrected chi connectivity index (χ3v) is 11.0. The number of halogens is 1. The summed E-state index contributed by atoms with van der Waals surface area (Å²) in [5.41, 5.74) is 1.74. The molecule has 1 saturated carbocycles. The van der Waals surface area contributed by atoms with E-state index in [1.165, 1.54) is 17.0 Å². The quantitative estimate of drug-likeness (QED) is 0.136. The maximum atomic E-state index is 14.9. The number of hydrogen-bond acceptors (Lipinski definition) is 11. The fraction of sp³-hybridized carbons (Fsp3) is 0.465. The van der Waals surface area contributed by atoms with E-state index in [4.69, 9.17) is 14.2 Å². The molecular formula is C43H51FN8O8. The number of aromatic amines is 1. The molecule has 3 aliphatic rings. The molecule has 0 radical (unpaired) electrons. The van der Waals surface area contributed by atoms with Crippen molar-refractivity contribution in [2.45, 2.75) is 51.6 Å². The van der Waals surface area contributed by atoms with Crippen LogP contribution in [0.3, 0.4) is 0 Å². The van der Waals surface area contributed by atoms with E-state index < -0.39 is 29.3 Å². The summed E-state index contributed by atoms with van der Waals surface area (Å²) >= 11 is 0. The van der Waals surface area contributed by atoms with Crippen LogP contribution in [0.5, 0.6) is 0 Å². The van der Waals surface area contributed by atoms with Gasteiger partial charge in [0.1, 0.15) is 11.4 Å². The van der Waals surface area contributed by atoms with Gasteiger partial charge in [-0.25, -0.2) is 19.3 Å². The first-order chi connectivity index (χ1) is 28.8. The van der Waals surface area contributed by atoms with Crippen LogP contribution < -0.4 is 21.5 Å². The van der Waals surface area contributed by atoms with Gasteiger partial charge in [0.05, 0.1) is 55.3 Å². The van der Waals surface area contributed by atoms with Crippen LogP contribution in [-0.2, 0) is 25.4 Å². The fourth-order valence-corrected chi connectivity index (χ4v) is 7.79. The largest absolute Gasteiger partial charge is 0.444 e. The maximum Gasteiger partial charge on any atom is 0.412 e. The van der Waals surface area contributed by atoms with Gasteiger partial charge in [0, 0.05) is 62.7 Å². The molecule has 2 aromatic carbocycles. The Bertz CT molecular complexity index is 2290. The van der Waals surface area contributed by atoms with Crippen molar-refractivity contribution in [3.63, 3.8) is 0 Å². The van der Waals surface area contributed by atoms with Crippen molar-refractivity contribution in [1.29, 1.82) is 0 Å². The van der Waals surface area contributed by atoms with Crippen molar-refractivity contribution in [2.24, 2.45) is 5.41 Å². The van der Waals surface area contributed by atoms with Crippen LogP contribution in [0.25, 0.3) is 10.8 Å². The number of aromatic nitrogens is 3. The third kappa shape index (κ3) is 10.1. The monoisotopic (exact) mass is 826 g/mol. The van der Waals surface area contributed by atoms with E-state index >= 15 is 0 Å². The number of fused-ring (bicyclic) bond motifs is 1. The first-order valence-electron chi connectivity index (χ1n) is 20.2. The second-order valence-electron chi connectivity index (χ2n) is 16.6. The van der Waals surface area contributed by atoms with Gasteiger partial charge in [-0.05, 0) is 74.9 Å². The van der Waals surface area contributed by atoms with Crippen LogP contribution in [0.2, 0.25) is 0 Å². The molecule has 0 unspecified atom stereocenters. The third-order valence-electron chi connectivity index (χ3n) is 11.0. The van der Waals surface area contributed by atoms with Gasteiger partial charge >= 0.3 is 6.09 Å². The Hall–Kier alpha value is -5.78. The van der Waals surface area contributed by atoms with Crippen LogP contribution in [0, 0.1) is 11.2 Å². The molecule has 4 aromatic rings. The lowest BCUT2D eigenvalue weighted by Gasteiger charge is -2.53. The summed E-state index contributed by atoms with van der Waals surface area (Å²) in [5.74, 6) is -1.42. The number of anilines is 1. The Kier molecular flexibility index (Phi) is 12.9. The second kappa shape index (κ2) is 18.2. The highest BCUT2D eigenvalue weighted by atomic mass is 19.1. The van der Waals surface area contributed by atoms with Crippen LogP contribution >= 0.6 is 0 Å². The van der Waals surface area contributed by atoms with Gasteiger partial charge in [0.2, 0.25) is 5.91 Å². The number of hydrogen-bond donors (Lipinski definition) is 4. The average molecular weight is 827 g/mol. The summed E-state index contributed by atoms with van der Waals surface area (Å²) < 4.78 is 31.4. The summed E-state index contributed by atoms with van der Waals surface area (Å²) in [5, 5.41) is 16.4. The lowest BCUT2D eigenvalue weighted by molar-refractivity contribution is -0.164. The minimum atomic E-state index is -0.720. The smallest absolute Gasteiger partial charge is 0.412 e. The van der Waals surface area contributed by atoms with Crippen molar-refractivity contribution in [3.8, 4) is 0 Å². The average Bonchev–Trinajstić information content (AvgIpc) is 3.18. The number of piperazine rings is 1. The Labute approximate surface area is 346 Å². The minimum absolute atomic E-state index is 0.0605. The summed E-state index contributed by atoms with van der Waals surface area (Å²) in [6.07, 6.45) is 3.26. The zero-order chi connectivity index (χ0) is 42.4. The molecule has 4 heterocycles. The van der Waals surface area contributed by atoms with Crippen LogP contribution in [0.15, 0.2) is 59.5 Å². The number of carbonyl (C=O) groups is 4. The topological polar surface area (TPSA) is 197 Å². The number of nitrogens with zero attached hydrogens (tertiary/aromatic N) is 4. The normalized spacial score (nSPS) is 16.3.